The Balaban J connectivity index is 1.10. The second kappa shape index (κ2) is 16.7. The van der Waals surface area contributed by atoms with E-state index in [1.165, 1.54) is 22.4 Å². The maximum Gasteiger partial charge on any atom is 0.325 e. The summed E-state index contributed by atoms with van der Waals surface area (Å²) >= 11 is 1.51. The van der Waals surface area contributed by atoms with Crippen molar-refractivity contribution in [3.05, 3.63) is 57.2 Å². The van der Waals surface area contributed by atoms with Crippen LogP contribution in [0.25, 0.3) is 33.4 Å². The quantitative estimate of drug-likeness (QED) is 0.183. The van der Waals surface area contributed by atoms with Crippen molar-refractivity contribution in [3.63, 3.8) is 0 Å². The predicted octanol–water partition coefficient (Wildman–Crippen LogP) is 5.71. The molecule has 4 aromatic rings. The summed E-state index contributed by atoms with van der Waals surface area (Å²) in [5.74, 6) is 6.62. The number of rotatable bonds is 6. The second-order valence-corrected chi connectivity index (χ2v) is 20.6. The molecule has 5 fully saturated rings. The summed E-state index contributed by atoms with van der Waals surface area (Å²) in [6.45, 7) is 15.4. The van der Waals surface area contributed by atoms with Crippen molar-refractivity contribution in [2.24, 2.45) is 29.1 Å². The smallest absolute Gasteiger partial charge is 0.325 e. The summed E-state index contributed by atoms with van der Waals surface area (Å²) in [5.41, 5.74) is 12.1. The Morgan fingerprint density at radius 1 is 1.13 bits per heavy atom. The third-order valence-corrected chi connectivity index (χ3v) is 15.6. The van der Waals surface area contributed by atoms with Gasteiger partial charge in [0.15, 0.2) is 0 Å². The molecule has 0 radical (unpaired) electrons. The third kappa shape index (κ3) is 7.98. The van der Waals surface area contributed by atoms with Gasteiger partial charge in [-0.3, -0.25) is 29.3 Å². The number of pyridine rings is 1. The Morgan fingerprint density at radius 2 is 1.92 bits per heavy atom. The lowest BCUT2D eigenvalue weighted by Crippen LogP contribution is -2.71. The highest BCUT2D eigenvalue weighted by molar-refractivity contribution is 7.10. The number of nitrogens with zero attached hydrogens (tertiary/aromatic N) is 5. The lowest BCUT2D eigenvalue weighted by Gasteiger charge is -2.53. The number of morpholine rings is 1. The minimum atomic E-state index is -0.834. The van der Waals surface area contributed by atoms with Crippen LogP contribution in [0.2, 0.25) is 0 Å². The molecule has 2 amide bonds. The second-order valence-electron chi connectivity index (χ2n) is 19.6. The minimum Gasteiger partial charge on any atom is -0.464 e. The Morgan fingerprint density at radius 3 is 2.68 bits per heavy atom. The molecular formula is C49H59N7O6S. The topological polar surface area (TPSA) is 140 Å². The third-order valence-electron chi connectivity index (χ3n) is 14.7. The number of esters is 1. The number of cyclic esters (lactones) is 1. The number of thiazole rings is 1. The number of hydrogen-bond acceptors (Lipinski definition) is 11. The number of nitrogens with one attached hydrogen (secondary N) is 2. The normalized spacial score (nSPS) is 28.3. The van der Waals surface area contributed by atoms with Crippen molar-refractivity contribution in [2.45, 2.75) is 104 Å². The van der Waals surface area contributed by atoms with Crippen LogP contribution in [0.1, 0.15) is 87.4 Å². The van der Waals surface area contributed by atoms with Gasteiger partial charge in [0.05, 0.1) is 60.1 Å². The molecule has 13 nitrogen and oxygen atoms in total. The zero-order valence-corrected chi connectivity index (χ0v) is 38.1. The van der Waals surface area contributed by atoms with Crippen LogP contribution in [0.15, 0.2) is 29.8 Å². The van der Waals surface area contributed by atoms with Gasteiger partial charge >= 0.3 is 5.97 Å². The first-order valence-corrected chi connectivity index (χ1v) is 23.8. The van der Waals surface area contributed by atoms with E-state index in [0.717, 1.165) is 95.4 Å². The van der Waals surface area contributed by atoms with Gasteiger partial charge in [-0.2, -0.15) is 0 Å². The fourth-order valence-corrected chi connectivity index (χ4v) is 11.5. The molecule has 6 atom stereocenters. The average Bonchev–Trinajstić information content (AvgIpc) is 3.53. The van der Waals surface area contributed by atoms with Crippen LogP contribution < -0.4 is 10.7 Å². The fourth-order valence-electron chi connectivity index (χ4n) is 10.6. The Bertz CT molecular complexity index is 2520. The number of ether oxygens (including phenoxy) is 3. The molecule has 2 saturated carbocycles. The number of aryl methyl sites for hydroxylation is 2. The summed E-state index contributed by atoms with van der Waals surface area (Å²) in [4.78, 5) is 54.8. The van der Waals surface area contributed by atoms with E-state index in [1.807, 2.05) is 13.1 Å². The van der Waals surface area contributed by atoms with E-state index < -0.39 is 17.5 Å². The zero-order valence-electron chi connectivity index (χ0n) is 37.3. The first-order valence-electron chi connectivity index (χ1n) is 22.9. The van der Waals surface area contributed by atoms with Crippen molar-refractivity contribution in [1.82, 2.24) is 35.2 Å². The first kappa shape index (κ1) is 42.3. The van der Waals surface area contributed by atoms with Gasteiger partial charge in [0.25, 0.3) is 5.91 Å². The zero-order chi connectivity index (χ0) is 43.7. The molecule has 63 heavy (non-hydrogen) atoms. The SMILES string of the molecule is CO[C@@H](C)c1ncc(C#CCN2CCOCC2)cc1-c1c2c3cc(cc4c3n1CCC4)-c1csc(n1)CC(NC(=O)C1[C@@H](C)[C@H]1C)C(=O)N1N[C@H](C(=O)OCC(C)(C)C2)C2CC1C2. The van der Waals surface area contributed by atoms with Crippen molar-refractivity contribution in [3.8, 4) is 34.4 Å². The van der Waals surface area contributed by atoms with Crippen LogP contribution in [0.5, 0.6) is 0 Å². The van der Waals surface area contributed by atoms with Crippen LogP contribution in [0, 0.1) is 40.9 Å². The number of fused-ring (bicyclic) bond motifs is 4. The van der Waals surface area contributed by atoms with E-state index in [0.29, 0.717) is 25.8 Å². The maximum absolute atomic E-state index is 14.5. The van der Waals surface area contributed by atoms with Crippen molar-refractivity contribution in [2.75, 3.05) is 46.6 Å². The molecule has 2 aliphatic carbocycles. The highest BCUT2D eigenvalue weighted by Gasteiger charge is 2.53. The molecule has 1 aromatic carbocycles. The molecule has 11 rings (SSSR count). The molecule has 7 aliphatic rings. The molecule has 5 aliphatic heterocycles. The summed E-state index contributed by atoms with van der Waals surface area (Å²) in [5, 5.41) is 8.75. The highest BCUT2D eigenvalue weighted by Crippen LogP contribution is 2.47. The molecule has 0 spiro atoms. The van der Waals surface area contributed by atoms with E-state index in [-0.39, 0.29) is 66.6 Å². The number of carbonyl (C=O) groups is 3. The Labute approximate surface area is 373 Å². The van der Waals surface area contributed by atoms with Crippen LogP contribution in [0.3, 0.4) is 0 Å². The number of methoxy groups -OCH3 is 1. The van der Waals surface area contributed by atoms with Gasteiger partial charge in [0, 0.05) is 84.2 Å². The molecule has 8 heterocycles. The van der Waals surface area contributed by atoms with E-state index in [2.05, 4.69) is 83.3 Å². The van der Waals surface area contributed by atoms with Crippen molar-refractivity contribution in [1.29, 1.82) is 0 Å². The first-order chi connectivity index (χ1) is 30.4. The van der Waals surface area contributed by atoms with Crippen LogP contribution in [-0.2, 0) is 54.4 Å². The van der Waals surface area contributed by atoms with Gasteiger partial charge in [-0.15, -0.1) is 11.3 Å². The monoisotopic (exact) mass is 873 g/mol. The molecule has 2 N–H and O–H groups in total. The highest BCUT2D eigenvalue weighted by atomic mass is 32.1. The van der Waals surface area contributed by atoms with Gasteiger partial charge in [-0.25, -0.2) is 10.4 Å². The largest absolute Gasteiger partial charge is 0.464 e. The number of aromatic nitrogens is 3. The van der Waals surface area contributed by atoms with E-state index in [1.54, 1.807) is 12.1 Å². The molecule has 3 saturated heterocycles. The summed E-state index contributed by atoms with van der Waals surface area (Å²) in [7, 11) is 1.72. The fraction of sp³-hybridized carbons (Fsp3) is 0.571. The van der Waals surface area contributed by atoms with Gasteiger partial charge in [-0.05, 0) is 86.1 Å². The van der Waals surface area contributed by atoms with Crippen molar-refractivity contribution >= 4 is 40.0 Å². The van der Waals surface area contributed by atoms with E-state index in [4.69, 9.17) is 24.2 Å². The molecule has 3 aromatic heterocycles. The van der Waals surface area contributed by atoms with Gasteiger partial charge in [0.1, 0.15) is 12.1 Å². The van der Waals surface area contributed by atoms with Crippen molar-refractivity contribution < 1.29 is 28.6 Å². The minimum absolute atomic E-state index is 0.0476. The Kier molecular flexibility index (Phi) is 11.2. The molecule has 332 valence electrons. The standard InChI is InChI=1S/C49H59N7O6S/c1-27-28(2)41(27)46(57)52-38-22-40-51-39(25-63-40)32-18-31-10-8-12-55-44(31)35(21-32)37(23-49(4,5)26-62-48(59)43-33-19-34(20-33)56(53-43)47(38)58)45(55)36-17-30(24-50-42(36)29(3)60-6)9-7-11-54-13-15-61-16-14-54/h17-18,21,24-25,27-29,33-34,38,41,43,53H,8,10-16,19-20,22-23,26H2,1-6H3,(H,52,57)/t27-,28+,29-,33?,34?,38?,41?,43-/m0/s1. The molecular weight excluding hydrogens is 815 g/mol. The van der Waals surface area contributed by atoms with E-state index >= 15 is 0 Å². The Hall–Kier alpha value is -4.65. The van der Waals surface area contributed by atoms with Gasteiger partial charge in [0.2, 0.25) is 5.91 Å². The molecule has 8 bridgehead atoms. The number of amides is 2. The van der Waals surface area contributed by atoms with E-state index in [9.17, 15) is 14.4 Å². The van der Waals surface area contributed by atoms with Crippen LogP contribution in [-0.4, -0.2) is 107 Å². The predicted molar refractivity (Wildman–Crippen MR) is 240 cm³/mol. The molecule has 2 unspecified atom stereocenters. The van der Waals surface area contributed by atoms with Gasteiger partial charge < -0.3 is 24.1 Å². The van der Waals surface area contributed by atoms with Crippen LogP contribution >= 0.6 is 11.3 Å². The summed E-state index contributed by atoms with van der Waals surface area (Å²) in [6.07, 6.45) is 5.76. The molecule has 14 heteroatoms. The maximum atomic E-state index is 14.5. The number of hydrogen-bond donors (Lipinski definition) is 2. The average molecular weight is 874 g/mol. The number of hydrazine groups is 1. The summed E-state index contributed by atoms with van der Waals surface area (Å²) in [6, 6.07) is 5.20. The number of benzene rings is 1. The summed E-state index contributed by atoms with van der Waals surface area (Å²) < 4.78 is 20.3. The van der Waals surface area contributed by atoms with Crippen LogP contribution in [0.4, 0.5) is 0 Å². The lowest BCUT2D eigenvalue weighted by atomic mass is 9.73. The van der Waals surface area contributed by atoms with Gasteiger partial charge in [-0.1, -0.05) is 39.5 Å². The number of carbonyl (C=O) groups excluding carboxylic acids is 3. The lowest BCUT2D eigenvalue weighted by molar-refractivity contribution is -0.171.